The van der Waals surface area contributed by atoms with Gasteiger partial charge in [0, 0.05) is 11.4 Å². The highest BCUT2D eigenvalue weighted by Gasteiger charge is 2.43. The Hall–Kier alpha value is -1.62. The zero-order chi connectivity index (χ0) is 14.8. The molecule has 0 spiro atoms. The molecule has 1 aromatic carbocycles. The average Bonchev–Trinajstić information content (AvgIpc) is 3.25. The highest BCUT2D eigenvalue weighted by Crippen LogP contribution is 2.40. The Morgan fingerprint density at radius 1 is 1.20 bits per heavy atom. The Morgan fingerprint density at radius 3 is 2.10 bits per heavy atom. The van der Waals surface area contributed by atoms with Crippen LogP contribution in [0.2, 0.25) is 0 Å². The van der Waals surface area contributed by atoms with Crippen LogP contribution in [0.3, 0.4) is 0 Å². The van der Waals surface area contributed by atoms with Crippen LogP contribution in [0.5, 0.6) is 17.2 Å². The van der Waals surface area contributed by atoms with Gasteiger partial charge in [-0.3, -0.25) is 4.79 Å². The number of nitrogens with one attached hydrogen (secondary N) is 1. The van der Waals surface area contributed by atoms with E-state index in [2.05, 4.69) is 5.32 Å². The van der Waals surface area contributed by atoms with Crippen LogP contribution in [0.25, 0.3) is 0 Å². The van der Waals surface area contributed by atoms with E-state index in [9.17, 15) is 4.79 Å². The highest BCUT2D eigenvalue weighted by molar-refractivity contribution is 6.19. The second-order valence-electron chi connectivity index (χ2n) is 4.78. The van der Waals surface area contributed by atoms with Crippen LogP contribution in [0.4, 0.5) is 0 Å². The molecule has 1 saturated carbocycles. The Bertz CT molecular complexity index is 489. The second kappa shape index (κ2) is 5.79. The van der Waals surface area contributed by atoms with Gasteiger partial charge in [0.25, 0.3) is 5.91 Å². The molecule has 0 atom stereocenters. The van der Waals surface area contributed by atoms with Gasteiger partial charge in [0.1, 0.15) is 0 Å². The van der Waals surface area contributed by atoms with Crippen molar-refractivity contribution < 1.29 is 19.0 Å². The van der Waals surface area contributed by atoms with Gasteiger partial charge in [-0.15, -0.1) is 11.6 Å². The predicted octanol–water partition coefficient (Wildman–Crippen LogP) is 2.21. The minimum absolute atomic E-state index is 0.192. The van der Waals surface area contributed by atoms with Gasteiger partial charge in [-0.1, -0.05) is 0 Å². The highest BCUT2D eigenvalue weighted by atomic mass is 35.5. The lowest BCUT2D eigenvalue weighted by Gasteiger charge is -2.17. The van der Waals surface area contributed by atoms with Crippen LogP contribution in [0, 0.1) is 0 Å². The molecule has 1 fully saturated rings. The van der Waals surface area contributed by atoms with Gasteiger partial charge in [-0.05, 0) is 25.0 Å². The van der Waals surface area contributed by atoms with Gasteiger partial charge in [-0.2, -0.15) is 0 Å². The van der Waals surface area contributed by atoms with E-state index in [0.717, 1.165) is 12.8 Å². The molecule has 1 amide bonds. The quantitative estimate of drug-likeness (QED) is 0.818. The minimum atomic E-state index is -0.251. The van der Waals surface area contributed by atoms with E-state index >= 15 is 0 Å². The molecular formula is C14H18ClNO4. The number of ether oxygens (including phenoxy) is 3. The van der Waals surface area contributed by atoms with Crippen molar-refractivity contribution in [1.82, 2.24) is 5.32 Å². The molecule has 1 aliphatic carbocycles. The largest absolute Gasteiger partial charge is 0.493 e. The molecule has 0 bridgehead atoms. The summed E-state index contributed by atoms with van der Waals surface area (Å²) in [4.78, 5) is 12.3. The molecule has 0 aliphatic heterocycles. The lowest BCUT2D eigenvalue weighted by molar-refractivity contribution is 0.0935. The maximum Gasteiger partial charge on any atom is 0.252 e. The van der Waals surface area contributed by atoms with Crippen LogP contribution in [-0.4, -0.2) is 38.7 Å². The zero-order valence-corrected chi connectivity index (χ0v) is 12.5. The Labute approximate surface area is 123 Å². The van der Waals surface area contributed by atoms with E-state index < -0.39 is 0 Å². The van der Waals surface area contributed by atoms with Gasteiger partial charge in [0.15, 0.2) is 11.5 Å². The third-order valence-electron chi connectivity index (χ3n) is 3.41. The summed E-state index contributed by atoms with van der Waals surface area (Å²) in [6, 6.07) is 3.25. The number of alkyl halides is 1. The molecule has 1 aliphatic rings. The van der Waals surface area contributed by atoms with Crippen molar-refractivity contribution in [3.8, 4) is 17.2 Å². The predicted molar refractivity (Wildman–Crippen MR) is 76.2 cm³/mol. The molecule has 0 saturated heterocycles. The van der Waals surface area contributed by atoms with Gasteiger partial charge in [0.05, 0.1) is 26.9 Å². The number of carbonyl (C=O) groups excluding carboxylic acids is 1. The van der Waals surface area contributed by atoms with E-state index in [1.165, 1.54) is 21.3 Å². The fourth-order valence-corrected chi connectivity index (χ4v) is 2.30. The lowest BCUT2D eigenvalue weighted by Crippen LogP contribution is -2.38. The fraction of sp³-hybridized carbons (Fsp3) is 0.500. The van der Waals surface area contributed by atoms with E-state index in [0.29, 0.717) is 28.7 Å². The summed E-state index contributed by atoms with van der Waals surface area (Å²) in [6.07, 6.45) is 1.82. The van der Waals surface area contributed by atoms with Gasteiger partial charge < -0.3 is 19.5 Å². The molecule has 1 aromatic rings. The summed E-state index contributed by atoms with van der Waals surface area (Å²) in [6.45, 7) is 0. The average molecular weight is 300 g/mol. The van der Waals surface area contributed by atoms with Crippen LogP contribution in [0.1, 0.15) is 23.2 Å². The third kappa shape index (κ3) is 2.77. The molecule has 2 rings (SSSR count). The van der Waals surface area contributed by atoms with Crippen molar-refractivity contribution in [2.24, 2.45) is 0 Å². The van der Waals surface area contributed by atoms with Crippen LogP contribution >= 0.6 is 11.6 Å². The van der Waals surface area contributed by atoms with Gasteiger partial charge in [-0.25, -0.2) is 0 Å². The molecule has 0 unspecified atom stereocenters. The Morgan fingerprint density at radius 2 is 1.75 bits per heavy atom. The van der Waals surface area contributed by atoms with Gasteiger partial charge >= 0.3 is 0 Å². The first kappa shape index (κ1) is 14.8. The molecule has 0 radical (unpaired) electrons. The number of benzene rings is 1. The fourth-order valence-electron chi connectivity index (χ4n) is 1.97. The monoisotopic (exact) mass is 299 g/mol. The normalized spacial score (nSPS) is 15.4. The molecular weight excluding hydrogens is 282 g/mol. The number of halogens is 1. The first-order valence-corrected chi connectivity index (χ1v) is 6.81. The Balaban J connectivity index is 2.29. The number of hydrogen-bond acceptors (Lipinski definition) is 4. The van der Waals surface area contributed by atoms with Crippen molar-refractivity contribution in [3.05, 3.63) is 17.7 Å². The van der Waals surface area contributed by atoms with E-state index in [-0.39, 0.29) is 11.4 Å². The third-order valence-corrected chi connectivity index (χ3v) is 3.93. The minimum Gasteiger partial charge on any atom is -0.493 e. The maximum atomic E-state index is 12.3. The smallest absolute Gasteiger partial charge is 0.252 e. The molecule has 1 N–H and O–H groups in total. The van der Waals surface area contributed by atoms with Crippen molar-refractivity contribution in [1.29, 1.82) is 0 Å². The van der Waals surface area contributed by atoms with Crippen molar-refractivity contribution in [3.63, 3.8) is 0 Å². The summed E-state index contributed by atoms with van der Waals surface area (Å²) < 4.78 is 15.7. The summed E-state index contributed by atoms with van der Waals surface area (Å²) in [5, 5.41) is 2.95. The number of methoxy groups -OCH3 is 3. The molecule has 6 heteroatoms. The lowest BCUT2D eigenvalue weighted by atomic mass is 10.1. The first-order valence-electron chi connectivity index (χ1n) is 6.27. The summed E-state index contributed by atoms with van der Waals surface area (Å²) in [5.74, 6) is 1.59. The molecule has 20 heavy (non-hydrogen) atoms. The standard InChI is InChI=1S/C14H18ClNO4/c1-18-10-6-9(7-11(19-2)12(10)20-3)13(17)16-14(8-15)4-5-14/h6-7H,4-5,8H2,1-3H3,(H,16,17). The van der Waals surface area contributed by atoms with E-state index in [4.69, 9.17) is 25.8 Å². The number of amides is 1. The SMILES string of the molecule is COc1cc(C(=O)NC2(CCl)CC2)cc(OC)c1OC. The molecule has 0 aromatic heterocycles. The van der Waals surface area contributed by atoms with Gasteiger partial charge in [0.2, 0.25) is 5.75 Å². The van der Waals surface area contributed by atoms with E-state index in [1.54, 1.807) is 12.1 Å². The summed E-state index contributed by atoms with van der Waals surface area (Å²) in [5.41, 5.74) is 0.204. The summed E-state index contributed by atoms with van der Waals surface area (Å²) >= 11 is 5.87. The zero-order valence-electron chi connectivity index (χ0n) is 11.8. The van der Waals surface area contributed by atoms with Crippen LogP contribution < -0.4 is 19.5 Å². The molecule has 110 valence electrons. The number of carbonyl (C=O) groups is 1. The van der Waals surface area contributed by atoms with E-state index in [1.807, 2.05) is 0 Å². The van der Waals surface area contributed by atoms with Crippen LogP contribution in [0.15, 0.2) is 12.1 Å². The van der Waals surface area contributed by atoms with Crippen molar-refractivity contribution in [2.75, 3.05) is 27.2 Å². The summed E-state index contributed by atoms with van der Waals surface area (Å²) in [7, 11) is 4.55. The number of rotatable bonds is 6. The molecule has 0 heterocycles. The van der Waals surface area contributed by atoms with Crippen LogP contribution in [-0.2, 0) is 0 Å². The van der Waals surface area contributed by atoms with Crippen molar-refractivity contribution >= 4 is 17.5 Å². The second-order valence-corrected chi connectivity index (χ2v) is 5.05. The molecule has 5 nitrogen and oxygen atoms in total. The van der Waals surface area contributed by atoms with Crippen molar-refractivity contribution in [2.45, 2.75) is 18.4 Å². The Kier molecular flexibility index (Phi) is 4.28. The number of hydrogen-bond donors (Lipinski definition) is 1. The first-order chi connectivity index (χ1) is 9.59. The topological polar surface area (TPSA) is 56.8 Å². The maximum absolute atomic E-state index is 12.3.